The maximum Gasteiger partial charge on any atom is 0.335 e. The van der Waals surface area contributed by atoms with Crippen LogP contribution in [-0.2, 0) is 0 Å². The van der Waals surface area contributed by atoms with E-state index in [9.17, 15) is 9.18 Å². The highest BCUT2D eigenvalue weighted by Crippen LogP contribution is 2.27. The van der Waals surface area contributed by atoms with Crippen molar-refractivity contribution in [2.45, 2.75) is 6.92 Å². The maximum absolute atomic E-state index is 13.3. The Kier molecular flexibility index (Phi) is 4.25. The van der Waals surface area contributed by atoms with Crippen molar-refractivity contribution in [2.24, 2.45) is 0 Å². The molecule has 1 aromatic carbocycles. The molecule has 2 rings (SSSR count). The minimum absolute atomic E-state index is 0.0198. The lowest BCUT2D eigenvalue weighted by Gasteiger charge is -2.11. The van der Waals surface area contributed by atoms with Crippen LogP contribution >= 0.6 is 27.5 Å². The first kappa shape index (κ1) is 14.7. The number of benzene rings is 1. The molecule has 1 aromatic heterocycles. The number of anilines is 2. The molecule has 0 fully saturated rings. The maximum atomic E-state index is 13.3. The van der Waals surface area contributed by atoms with Crippen LogP contribution in [0.15, 0.2) is 28.7 Å². The van der Waals surface area contributed by atoms with Crippen molar-refractivity contribution in [1.29, 1.82) is 0 Å². The number of aromatic carboxylic acids is 1. The summed E-state index contributed by atoms with van der Waals surface area (Å²) in [5, 5.41) is 11.9. The number of pyridine rings is 1. The van der Waals surface area contributed by atoms with Gasteiger partial charge in [-0.1, -0.05) is 11.6 Å². The van der Waals surface area contributed by atoms with Crippen LogP contribution in [0.3, 0.4) is 0 Å². The number of hydrogen-bond acceptors (Lipinski definition) is 3. The standard InChI is InChI=1S/C13H9BrClFN2O2/c1-6-2-9(16)8(14)5-10(6)17-12-4-7(13(19)20)3-11(15)18-12/h2-5H,1H3,(H,17,18)(H,19,20). The summed E-state index contributed by atoms with van der Waals surface area (Å²) < 4.78 is 13.6. The van der Waals surface area contributed by atoms with Crippen molar-refractivity contribution in [2.75, 3.05) is 5.32 Å². The van der Waals surface area contributed by atoms with Crippen LogP contribution < -0.4 is 5.32 Å². The van der Waals surface area contributed by atoms with E-state index in [0.29, 0.717) is 15.7 Å². The highest BCUT2D eigenvalue weighted by Gasteiger charge is 2.10. The van der Waals surface area contributed by atoms with E-state index < -0.39 is 5.97 Å². The number of nitrogens with one attached hydrogen (secondary N) is 1. The van der Waals surface area contributed by atoms with Gasteiger partial charge in [-0.05, 0) is 52.7 Å². The first-order valence-corrected chi connectivity index (χ1v) is 6.67. The predicted octanol–water partition coefficient (Wildman–Crippen LogP) is 4.39. The summed E-state index contributed by atoms with van der Waals surface area (Å²) in [6, 6.07) is 5.51. The molecule has 0 saturated carbocycles. The topological polar surface area (TPSA) is 62.2 Å². The number of aromatic nitrogens is 1. The van der Waals surface area contributed by atoms with Crippen LogP contribution in [0.25, 0.3) is 0 Å². The first-order valence-electron chi connectivity index (χ1n) is 5.50. The third-order valence-corrected chi connectivity index (χ3v) is 3.37. The van der Waals surface area contributed by atoms with E-state index in [1.54, 1.807) is 13.0 Å². The molecule has 0 unspecified atom stereocenters. The summed E-state index contributed by atoms with van der Waals surface area (Å²) in [7, 11) is 0. The first-order chi connectivity index (χ1) is 9.36. The van der Waals surface area contributed by atoms with Gasteiger partial charge >= 0.3 is 5.97 Å². The number of halogens is 3. The number of rotatable bonds is 3. The lowest BCUT2D eigenvalue weighted by molar-refractivity contribution is 0.0697. The van der Waals surface area contributed by atoms with E-state index in [4.69, 9.17) is 16.7 Å². The zero-order chi connectivity index (χ0) is 14.9. The molecule has 0 aliphatic carbocycles. The Hall–Kier alpha value is -1.66. The molecular weight excluding hydrogens is 351 g/mol. The fourth-order valence-electron chi connectivity index (χ4n) is 1.60. The van der Waals surface area contributed by atoms with Gasteiger partial charge in [0.1, 0.15) is 16.8 Å². The second kappa shape index (κ2) is 5.76. The average molecular weight is 360 g/mol. The molecule has 0 aliphatic rings. The van der Waals surface area contributed by atoms with Crippen molar-refractivity contribution in [3.63, 3.8) is 0 Å². The minimum atomic E-state index is -1.10. The Morgan fingerprint density at radius 1 is 1.40 bits per heavy atom. The van der Waals surface area contributed by atoms with Crippen molar-refractivity contribution in [3.05, 3.63) is 50.8 Å². The van der Waals surface area contributed by atoms with Gasteiger partial charge < -0.3 is 10.4 Å². The highest BCUT2D eigenvalue weighted by atomic mass is 79.9. The summed E-state index contributed by atoms with van der Waals surface area (Å²) in [6.07, 6.45) is 0. The predicted molar refractivity (Wildman–Crippen MR) is 78.3 cm³/mol. The van der Waals surface area contributed by atoms with Crippen molar-refractivity contribution in [3.8, 4) is 0 Å². The molecule has 104 valence electrons. The molecule has 0 amide bonds. The molecule has 0 saturated heterocycles. The zero-order valence-corrected chi connectivity index (χ0v) is 12.6. The number of carboxylic acid groups (broad SMARTS) is 1. The lowest BCUT2D eigenvalue weighted by atomic mass is 10.2. The van der Waals surface area contributed by atoms with Crippen molar-refractivity contribution in [1.82, 2.24) is 4.98 Å². The molecule has 0 spiro atoms. The average Bonchev–Trinajstić information content (AvgIpc) is 2.35. The molecule has 20 heavy (non-hydrogen) atoms. The Bertz CT molecular complexity index is 694. The number of carbonyl (C=O) groups is 1. The Morgan fingerprint density at radius 2 is 2.10 bits per heavy atom. The normalized spacial score (nSPS) is 10.4. The second-order valence-corrected chi connectivity index (χ2v) is 5.32. The molecule has 0 atom stereocenters. The summed E-state index contributed by atoms with van der Waals surface area (Å²) in [6.45, 7) is 1.72. The van der Waals surface area contributed by atoms with Gasteiger partial charge in [0.25, 0.3) is 0 Å². The van der Waals surface area contributed by atoms with Crippen LogP contribution in [0, 0.1) is 12.7 Å². The molecule has 7 heteroatoms. The summed E-state index contributed by atoms with van der Waals surface area (Å²) in [5.74, 6) is -1.20. The minimum Gasteiger partial charge on any atom is -0.478 e. The SMILES string of the molecule is Cc1cc(F)c(Br)cc1Nc1cc(C(=O)O)cc(Cl)n1. The van der Waals surface area contributed by atoms with Crippen LogP contribution in [0.2, 0.25) is 5.15 Å². The van der Waals surface area contributed by atoms with Crippen molar-refractivity contribution < 1.29 is 14.3 Å². The van der Waals surface area contributed by atoms with Crippen LogP contribution in [0.4, 0.5) is 15.9 Å². The van der Waals surface area contributed by atoms with Crippen molar-refractivity contribution >= 4 is 45.0 Å². The van der Waals surface area contributed by atoms with E-state index in [2.05, 4.69) is 26.2 Å². The van der Waals surface area contributed by atoms with Gasteiger partial charge in [-0.2, -0.15) is 0 Å². The Balaban J connectivity index is 2.40. The monoisotopic (exact) mass is 358 g/mol. The van der Waals surface area contributed by atoms with E-state index in [0.717, 1.165) is 0 Å². The van der Waals surface area contributed by atoms with Gasteiger partial charge in [-0.15, -0.1) is 0 Å². The van der Waals surface area contributed by atoms with Gasteiger partial charge in [0.15, 0.2) is 0 Å². The fraction of sp³-hybridized carbons (Fsp3) is 0.0769. The quantitative estimate of drug-likeness (QED) is 0.798. The second-order valence-electron chi connectivity index (χ2n) is 4.08. The lowest BCUT2D eigenvalue weighted by Crippen LogP contribution is -2.02. The fourth-order valence-corrected chi connectivity index (χ4v) is 2.16. The molecule has 2 N–H and O–H groups in total. The molecule has 1 heterocycles. The zero-order valence-electron chi connectivity index (χ0n) is 10.2. The summed E-state index contributed by atoms with van der Waals surface area (Å²) >= 11 is 8.86. The molecule has 2 aromatic rings. The molecule has 0 aliphatic heterocycles. The van der Waals surface area contributed by atoms with Crippen LogP contribution in [0.1, 0.15) is 15.9 Å². The number of nitrogens with zero attached hydrogens (tertiary/aromatic N) is 1. The molecule has 0 radical (unpaired) electrons. The number of aryl methyl sites for hydroxylation is 1. The highest BCUT2D eigenvalue weighted by molar-refractivity contribution is 9.10. The smallest absolute Gasteiger partial charge is 0.335 e. The van der Waals surface area contributed by atoms with E-state index >= 15 is 0 Å². The molecular formula is C13H9BrClFN2O2. The van der Waals surface area contributed by atoms with Gasteiger partial charge in [0, 0.05) is 5.69 Å². The van der Waals surface area contributed by atoms with Crippen LogP contribution in [0.5, 0.6) is 0 Å². The van der Waals surface area contributed by atoms with Gasteiger partial charge in [0.2, 0.25) is 0 Å². The Morgan fingerprint density at radius 3 is 2.75 bits per heavy atom. The summed E-state index contributed by atoms with van der Waals surface area (Å²) in [5.41, 5.74) is 1.28. The van der Waals surface area contributed by atoms with Gasteiger partial charge in [-0.3, -0.25) is 0 Å². The third-order valence-electron chi connectivity index (χ3n) is 2.57. The van der Waals surface area contributed by atoms with Gasteiger partial charge in [0.05, 0.1) is 10.0 Å². The number of carboxylic acids is 1. The largest absolute Gasteiger partial charge is 0.478 e. The van der Waals surface area contributed by atoms with Crippen LogP contribution in [-0.4, -0.2) is 16.1 Å². The van der Waals surface area contributed by atoms with E-state index in [1.165, 1.54) is 18.2 Å². The molecule has 0 bridgehead atoms. The van der Waals surface area contributed by atoms with E-state index in [1.807, 2.05) is 0 Å². The Labute approximate surface area is 127 Å². The van der Waals surface area contributed by atoms with E-state index in [-0.39, 0.29) is 22.4 Å². The summed E-state index contributed by atoms with van der Waals surface area (Å²) in [4.78, 5) is 14.9. The third kappa shape index (κ3) is 3.26. The number of hydrogen-bond donors (Lipinski definition) is 2. The molecule has 4 nitrogen and oxygen atoms in total. The van der Waals surface area contributed by atoms with Gasteiger partial charge in [-0.25, -0.2) is 14.2 Å².